The number of nitrogens with zero attached hydrogens (tertiary/aromatic N) is 1. The highest BCUT2D eigenvalue weighted by Gasteiger charge is 2.35. The van der Waals surface area contributed by atoms with E-state index in [0.717, 1.165) is 19.3 Å². The molecule has 1 saturated carbocycles. The maximum Gasteiger partial charge on any atom is 0.338 e. The van der Waals surface area contributed by atoms with Crippen LogP contribution in [-0.4, -0.2) is 23.0 Å². The van der Waals surface area contributed by atoms with Crippen LogP contribution in [0.5, 0.6) is 0 Å². The number of carbonyl (C=O) groups is 2. The van der Waals surface area contributed by atoms with Crippen LogP contribution in [0.25, 0.3) is 0 Å². The number of amides is 2. The van der Waals surface area contributed by atoms with Gasteiger partial charge in [0.2, 0.25) is 0 Å². The summed E-state index contributed by atoms with van der Waals surface area (Å²) in [6.07, 6.45) is 2.51. The summed E-state index contributed by atoms with van der Waals surface area (Å²) in [5.74, 6) is 0.621. The lowest BCUT2D eigenvalue weighted by atomic mass is 9.80. The summed E-state index contributed by atoms with van der Waals surface area (Å²) in [6.45, 7) is 6.02. The molecule has 1 aliphatic heterocycles. The van der Waals surface area contributed by atoms with Crippen LogP contribution < -0.4 is 10.6 Å². The van der Waals surface area contributed by atoms with Gasteiger partial charge in [-0.2, -0.15) is 0 Å². The van der Waals surface area contributed by atoms with Gasteiger partial charge in [0, 0.05) is 17.8 Å². The van der Waals surface area contributed by atoms with Gasteiger partial charge in [-0.05, 0) is 55.7 Å². The quantitative estimate of drug-likeness (QED) is 0.466. The number of ether oxygens (including phenoxy) is 1. The second-order valence-corrected chi connectivity index (χ2v) is 7.71. The molecular weight excluding hydrogens is 362 g/mol. The fourth-order valence-corrected chi connectivity index (χ4v) is 3.82. The number of hydrogen-bond donors (Lipinski definition) is 2. The Labute approximate surface area is 163 Å². The fraction of sp³-hybridized carbons (Fsp3) is 0.500. The zero-order chi connectivity index (χ0) is 20.4. The molecule has 3 rings (SSSR count). The van der Waals surface area contributed by atoms with E-state index in [1.807, 2.05) is 0 Å². The van der Waals surface area contributed by atoms with Crippen molar-refractivity contribution in [2.24, 2.45) is 11.8 Å². The van der Waals surface area contributed by atoms with E-state index >= 15 is 0 Å². The van der Waals surface area contributed by atoms with Gasteiger partial charge in [0.25, 0.3) is 5.69 Å². The van der Waals surface area contributed by atoms with E-state index < -0.39 is 23.0 Å². The number of carbonyl (C=O) groups excluding carboxylic acids is 2. The van der Waals surface area contributed by atoms with Gasteiger partial charge in [0.05, 0.1) is 16.5 Å². The van der Waals surface area contributed by atoms with Gasteiger partial charge in [-0.15, -0.1) is 0 Å². The average Bonchev–Trinajstić information content (AvgIpc) is 2.64. The van der Waals surface area contributed by atoms with Crippen molar-refractivity contribution in [2.45, 2.75) is 52.2 Å². The molecule has 1 aliphatic carbocycles. The Kier molecular flexibility index (Phi) is 5.67. The molecule has 8 nitrogen and oxygen atoms in total. The van der Waals surface area contributed by atoms with Crippen LogP contribution >= 0.6 is 0 Å². The molecule has 2 N–H and O–H groups in total. The predicted molar refractivity (Wildman–Crippen MR) is 102 cm³/mol. The number of nitro groups is 1. The molecule has 150 valence electrons. The van der Waals surface area contributed by atoms with Crippen molar-refractivity contribution >= 4 is 17.7 Å². The minimum Gasteiger partial charge on any atom is -0.459 e. The highest BCUT2D eigenvalue weighted by molar-refractivity contribution is 5.95. The Morgan fingerprint density at radius 3 is 2.46 bits per heavy atom. The molecular formula is C20H25N3O5. The first-order valence-electron chi connectivity index (χ1n) is 9.50. The molecule has 1 fully saturated rings. The number of nitro benzene ring substituents is 1. The smallest absolute Gasteiger partial charge is 0.338 e. The molecule has 0 saturated heterocycles. The van der Waals surface area contributed by atoms with Crippen LogP contribution in [0.1, 0.15) is 51.6 Å². The number of allylic oxidation sites excluding steroid dienone is 1. The molecule has 2 amide bonds. The van der Waals surface area contributed by atoms with E-state index in [1.165, 1.54) is 12.1 Å². The summed E-state index contributed by atoms with van der Waals surface area (Å²) >= 11 is 0. The monoisotopic (exact) mass is 387 g/mol. The maximum atomic E-state index is 13.0. The van der Waals surface area contributed by atoms with Crippen molar-refractivity contribution in [3.8, 4) is 0 Å². The van der Waals surface area contributed by atoms with Crippen LogP contribution in [0.3, 0.4) is 0 Å². The summed E-state index contributed by atoms with van der Waals surface area (Å²) < 4.78 is 5.77. The molecule has 28 heavy (non-hydrogen) atoms. The molecule has 1 aromatic carbocycles. The lowest BCUT2D eigenvalue weighted by Gasteiger charge is -2.33. The number of hydrogen-bond acceptors (Lipinski definition) is 5. The summed E-state index contributed by atoms with van der Waals surface area (Å²) in [7, 11) is 0. The fourth-order valence-electron chi connectivity index (χ4n) is 3.82. The number of nitrogens with one attached hydrogen (secondary N) is 2. The Morgan fingerprint density at radius 2 is 1.86 bits per heavy atom. The minimum atomic E-state index is -0.720. The van der Waals surface area contributed by atoms with Crippen LogP contribution in [0.15, 0.2) is 35.5 Å². The summed E-state index contributed by atoms with van der Waals surface area (Å²) in [6, 6.07) is 4.64. The second kappa shape index (κ2) is 8.00. The Hall–Kier alpha value is -2.90. The van der Waals surface area contributed by atoms with Crippen LogP contribution in [0.2, 0.25) is 0 Å². The zero-order valence-corrected chi connectivity index (χ0v) is 16.2. The van der Waals surface area contributed by atoms with Crippen molar-refractivity contribution in [2.75, 3.05) is 0 Å². The van der Waals surface area contributed by atoms with Gasteiger partial charge in [-0.25, -0.2) is 9.59 Å². The lowest BCUT2D eigenvalue weighted by molar-refractivity contribution is -0.384. The van der Waals surface area contributed by atoms with E-state index in [2.05, 4.69) is 24.5 Å². The number of rotatable bonds is 4. The van der Waals surface area contributed by atoms with Gasteiger partial charge in [-0.1, -0.05) is 13.8 Å². The third kappa shape index (κ3) is 4.16. The normalized spacial score (nSPS) is 27.6. The van der Waals surface area contributed by atoms with Gasteiger partial charge >= 0.3 is 12.0 Å². The van der Waals surface area contributed by atoms with Gasteiger partial charge in [0.1, 0.15) is 6.10 Å². The highest BCUT2D eigenvalue weighted by atomic mass is 16.6. The van der Waals surface area contributed by atoms with Crippen LogP contribution in [-0.2, 0) is 9.53 Å². The molecule has 0 unspecified atom stereocenters. The minimum absolute atomic E-state index is 0.0563. The van der Waals surface area contributed by atoms with Crippen LogP contribution in [0.4, 0.5) is 10.5 Å². The first-order chi connectivity index (χ1) is 13.3. The van der Waals surface area contributed by atoms with Gasteiger partial charge < -0.3 is 15.4 Å². The predicted octanol–water partition coefficient (Wildman–Crippen LogP) is 3.59. The largest absolute Gasteiger partial charge is 0.459 e. The topological polar surface area (TPSA) is 111 Å². The Morgan fingerprint density at radius 1 is 1.18 bits per heavy atom. The number of esters is 1. The van der Waals surface area contributed by atoms with Gasteiger partial charge in [0.15, 0.2) is 0 Å². The third-order valence-corrected chi connectivity index (χ3v) is 5.75. The molecule has 1 aromatic rings. The molecule has 1 heterocycles. The van der Waals surface area contributed by atoms with E-state index in [0.29, 0.717) is 28.7 Å². The van der Waals surface area contributed by atoms with E-state index in [9.17, 15) is 19.7 Å². The lowest BCUT2D eigenvalue weighted by Crippen LogP contribution is -2.45. The Balaban J connectivity index is 1.83. The zero-order valence-electron chi connectivity index (χ0n) is 16.2. The number of urea groups is 1. The van der Waals surface area contributed by atoms with E-state index in [4.69, 9.17) is 4.74 Å². The van der Waals surface area contributed by atoms with Crippen molar-refractivity contribution in [1.82, 2.24) is 10.6 Å². The van der Waals surface area contributed by atoms with Crippen molar-refractivity contribution in [1.29, 1.82) is 0 Å². The number of benzene rings is 1. The molecule has 8 heteroatoms. The van der Waals surface area contributed by atoms with E-state index in [-0.39, 0.29) is 11.8 Å². The van der Waals surface area contributed by atoms with Crippen molar-refractivity contribution in [3.63, 3.8) is 0 Å². The average molecular weight is 387 g/mol. The third-order valence-electron chi connectivity index (χ3n) is 5.75. The number of non-ortho nitro benzene ring substituents is 1. The highest BCUT2D eigenvalue weighted by Crippen LogP contribution is 2.33. The summed E-state index contributed by atoms with van der Waals surface area (Å²) in [4.78, 5) is 35.3. The molecule has 0 radical (unpaired) electrons. The Bertz CT molecular complexity index is 818. The maximum absolute atomic E-state index is 13.0. The SMILES string of the molecule is CC1=C(C(=O)O[C@@H]2CC[C@H](C)[C@H](C)C2)[C@H](c2ccc([N+](=O)[O-])cc2)NC(=O)N1. The van der Waals surface area contributed by atoms with Crippen molar-refractivity contribution in [3.05, 3.63) is 51.2 Å². The van der Waals surface area contributed by atoms with Crippen molar-refractivity contribution < 1.29 is 19.2 Å². The summed E-state index contributed by atoms with van der Waals surface area (Å²) in [5, 5.41) is 16.2. The first kappa shape index (κ1) is 19.9. The molecule has 0 aromatic heterocycles. The molecule has 2 aliphatic rings. The standard InChI is InChI=1S/C20H25N3O5/c1-11-4-9-16(10-12(11)2)28-19(24)17-13(3)21-20(25)22-18(17)14-5-7-15(8-6-14)23(26)27/h5-8,11-12,16,18H,4,9-10H2,1-3H3,(H2,21,22,25)/t11-,12+,16+,18-/m0/s1. The van der Waals surface area contributed by atoms with E-state index in [1.54, 1.807) is 19.1 Å². The molecule has 0 spiro atoms. The first-order valence-corrected chi connectivity index (χ1v) is 9.50. The molecule has 4 atom stereocenters. The second-order valence-electron chi connectivity index (χ2n) is 7.71. The van der Waals surface area contributed by atoms with Gasteiger partial charge in [-0.3, -0.25) is 10.1 Å². The van der Waals surface area contributed by atoms with Crippen LogP contribution in [0, 0.1) is 22.0 Å². The molecule has 0 bridgehead atoms. The summed E-state index contributed by atoms with van der Waals surface area (Å²) in [5.41, 5.74) is 1.27.